The molecule has 0 heterocycles. The van der Waals surface area contributed by atoms with E-state index < -0.39 is 24.0 Å². The van der Waals surface area contributed by atoms with Crippen molar-refractivity contribution in [2.75, 3.05) is 0 Å². The summed E-state index contributed by atoms with van der Waals surface area (Å²) >= 11 is 0. The van der Waals surface area contributed by atoms with E-state index in [1.54, 1.807) is 0 Å². The number of aliphatic carboxylic acids is 2. The number of carboxylic acids is 2. The summed E-state index contributed by atoms with van der Waals surface area (Å²) in [4.78, 5) is 20.0. The predicted octanol–water partition coefficient (Wildman–Crippen LogP) is 0.0592. The predicted molar refractivity (Wildman–Crippen MR) is 67.0 cm³/mol. The molecule has 6 N–H and O–H groups in total. The fourth-order valence-electron chi connectivity index (χ4n) is 0.955. The zero-order valence-corrected chi connectivity index (χ0v) is 10.1. The molecule has 0 aromatic heterocycles. The van der Waals surface area contributed by atoms with Crippen LogP contribution >= 0.6 is 0 Å². The maximum atomic E-state index is 10.4. The molecule has 0 bridgehead atoms. The molecule has 0 amide bonds. The van der Waals surface area contributed by atoms with E-state index in [9.17, 15) is 9.59 Å². The number of benzene rings is 1. The number of hydrogen-bond acceptors (Lipinski definition) is 4. The van der Waals surface area contributed by atoms with Gasteiger partial charge in [0.25, 0.3) is 0 Å². The third kappa shape index (κ3) is 7.37. The highest BCUT2D eigenvalue weighted by Crippen LogP contribution is 2.01. The largest absolute Gasteiger partial charge is 0.480 e. The van der Waals surface area contributed by atoms with Crippen LogP contribution in [0, 0.1) is 0 Å². The minimum Gasteiger partial charge on any atom is -0.480 e. The summed E-state index contributed by atoms with van der Waals surface area (Å²) in [5.41, 5.74) is 11.1. The minimum absolute atomic E-state index is 0.385. The van der Waals surface area contributed by atoms with Crippen molar-refractivity contribution < 1.29 is 19.8 Å². The van der Waals surface area contributed by atoms with Crippen LogP contribution in [0.15, 0.2) is 30.3 Å². The second-order valence-electron chi connectivity index (χ2n) is 3.76. The standard InChI is InChI=1S/C9H11NO2.C3H7NO2/c10-8(9(11)12)6-7-4-2-1-3-5-7;1-2(4)3(5)6/h1-5,8H,6,10H2,(H,11,12);2H,4H2,1H3,(H,5,6)/t8-;2-/m01/s1. The van der Waals surface area contributed by atoms with Gasteiger partial charge in [-0.15, -0.1) is 0 Å². The maximum Gasteiger partial charge on any atom is 0.320 e. The van der Waals surface area contributed by atoms with Crippen LogP contribution in [-0.2, 0) is 16.0 Å². The summed E-state index contributed by atoms with van der Waals surface area (Å²) in [7, 11) is 0. The average molecular weight is 254 g/mol. The fraction of sp³-hybridized carbons (Fsp3) is 0.333. The Bertz CT molecular complexity index is 379. The molecule has 1 aromatic rings. The van der Waals surface area contributed by atoms with E-state index in [1.807, 2.05) is 30.3 Å². The molecule has 6 heteroatoms. The van der Waals surface area contributed by atoms with Gasteiger partial charge >= 0.3 is 11.9 Å². The van der Waals surface area contributed by atoms with Gasteiger partial charge in [0.2, 0.25) is 0 Å². The summed E-state index contributed by atoms with van der Waals surface area (Å²) in [6.07, 6.45) is 0.385. The minimum atomic E-state index is -0.963. The van der Waals surface area contributed by atoms with Crippen LogP contribution in [0.1, 0.15) is 12.5 Å². The molecule has 1 aromatic carbocycles. The molecule has 0 unspecified atom stereocenters. The first-order chi connectivity index (χ1) is 8.34. The van der Waals surface area contributed by atoms with Gasteiger partial charge in [-0.05, 0) is 18.9 Å². The second-order valence-corrected chi connectivity index (χ2v) is 3.76. The highest BCUT2D eigenvalue weighted by Gasteiger charge is 2.10. The Morgan fingerprint density at radius 2 is 1.56 bits per heavy atom. The lowest BCUT2D eigenvalue weighted by atomic mass is 10.1. The zero-order chi connectivity index (χ0) is 14.1. The first-order valence-electron chi connectivity index (χ1n) is 5.35. The third-order valence-electron chi connectivity index (χ3n) is 2.01. The molecule has 1 rings (SSSR count). The molecule has 0 aliphatic heterocycles. The van der Waals surface area contributed by atoms with Gasteiger partial charge in [0, 0.05) is 0 Å². The molecule has 0 saturated heterocycles. The SMILES string of the molecule is C[C@@H](N)C(=O)O.N[C@@H](Cc1ccccc1)C(=O)O. The smallest absolute Gasteiger partial charge is 0.320 e. The van der Waals surface area contributed by atoms with Crippen molar-refractivity contribution in [1.82, 2.24) is 0 Å². The molecule has 0 aliphatic carbocycles. The van der Waals surface area contributed by atoms with Gasteiger partial charge in [-0.1, -0.05) is 30.3 Å². The molecule has 0 spiro atoms. The van der Waals surface area contributed by atoms with Crippen molar-refractivity contribution in [3.05, 3.63) is 35.9 Å². The highest BCUT2D eigenvalue weighted by molar-refractivity contribution is 5.73. The number of rotatable bonds is 4. The molecule has 100 valence electrons. The molecule has 0 radical (unpaired) electrons. The Labute approximate surface area is 105 Å². The lowest BCUT2D eigenvalue weighted by Crippen LogP contribution is -2.32. The Morgan fingerprint density at radius 1 is 1.11 bits per heavy atom. The third-order valence-corrected chi connectivity index (χ3v) is 2.01. The summed E-state index contributed by atoms with van der Waals surface area (Å²) < 4.78 is 0. The van der Waals surface area contributed by atoms with Crippen molar-refractivity contribution in [2.45, 2.75) is 25.4 Å². The van der Waals surface area contributed by atoms with E-state index in [-0.39, 0.29) is 0 Å². The number of nitrogens with two attached hydrogens (primary N) is 2. The number of carboxylic acid groups (broad SMARTS) is 2. The Kier molecular flexibility index (Phi) is 7.34. The van der Waals surface area contributed by atoms with Crippen molar-refractivity contribution in [1.29, 1.82) is 0 Å². The molecule has 2 atom stereocenters. The van der Waals surface area contributed by atoms with Crippen LogP contribution in [0.25, 0.3) is 0 Å². The average Bonchev–Trinajstić information content (AvgIpc) is 2.30. The van der Waals surface area contributed by atoms with Crippen LogP contribution in [0.5, 0.6) is 0 Å². The monoisotopic (exact) mass is 254 g/mol. The second kappa shape index (κ2) is 8.21. The molecule has 18 heavy (non-hydrogen) atoms. The lowest BCUT2D eigenvalue weighted by molar-refractivity contribution is -0.139. The van der Waals surface area contributed by atoms with Crippen LogP contribution in [0.3, 0.4) is 0 Å². The maximum absolute atomic E-state index is 10.4. The zero-order valence-electron chi connectivity index (χ0n) is 10.1. The van der Waals surface area contributed by atoms with E-state index in [1.165, 1.54) is 6.92 Å². The van der Waals surface area contributed by atoms with Gasteiger partial charge < -0.3 is 21.7 Å². The van der Waals surface area contributed by atoms with Crippen LogP contribution in [0.4, 0.5) is 0 Å². The molecular formula is C12H18N2O4. The summed E-state index contributed by atoms with van der Waals surface area (Å²) in [6, 6.07) is 7.81. The van der Waals surface area contributed by atoms with Gasteiger partial charge in [-0.2, -0.15) is 0 Å². The first-order valence-corrected chi connectivity index (χ1v) is 5.35. The van der Waals surface area contributed by atoms with Crippen LogP contribution < -0.4 is 11.5 Å². The van der Waals surface area contributed by atoms with Crippen molar-refractivity contribution in [2.24, 2.45) is 11.5 Å². The van der Waals surface area contributed by atoms with Crippen LogP contribution in [0.2, 0.25) is 0 Å². The van der Waals surface area contributed by atoms with E-state index in [4.69, 9.17) is 21.7 Å². The van der Waals surface area contributed by atoms with Gasteiger partial charge in [-0.3, -0.25) is 9.59 Å². The first kappa shape index (κ1) is 16.1. The quantitative estimate of drug-likeness (QED) is 0.601. The lowest BCUT2D eigenvalue weighted by Gasteiger charge is -2.04. The fourth-order valence-corrected chi connectivity index (χ4v) is 0.955. The Hall–Kier alpha value is -1.92. The summed E-state index contributed by atoms with van der Waals surface area (Å²) in [5, 5.41) is 16.4. The summed E-state index contributed by atoms with van der Waals surface area (Å²) in [5.74, 6) is -1.92. The van der Waals surface area contributed by atoms with E-state index >= 15 is 0 Å². The van der Waals surface area contributed by atoms with Gasteiger partial charge in [-0.25, -0.2) is 0 Å². The van der Waals surface area contributed by atoms with E-state index in [0.29, 0.717) is 6.42 Å². The van der Waals surface area contributed by atoms with Gasteiger partial charge in [0.1, 0.15) is 12.1 Å². The molecular weight excluding hydrogens is 236 g/mol. The Balaban J connectivity index is 0.000000411. The summed E-state index contributed by atoms with van der Waals surface area (Å²) in [6.45, 7) is 1.42. The molecule has 0 aliphatic rings. The van der Waals surface area contributed by atoms with Crippen LogP contribution in [-0.4, -0.2) is 34.2 Å². The number of carbonyl (C=O) groups is 2. The van der Waals surface area contributed by atoms with E-state index in [0.717, 1.165) is 5.56 Å². The topological polar surface area (TPSA) is 127 Å². The molecule has 6 nitrogen and oxygen atoms in total. The van der Waals surface area contributed by atoms with Gasteiger partial charge in [0.15, 0.2) is 0 Å². The Morgan fingerprint density at radius 3 is 1.89 bits per heavy atom. The van der Waals surface area contributed by atoms with Crippen molar-refractivity contribution >= 4 is 11.9 Å². The van der Waals surface area contributed by atoms with Crippen molar-refractivity contribution in [3.8, 4) is 0 Å². The van der Waals surface area contributed by atoms with Crippen molar-refractivity contribution in [3.63, 3.8) is 0 Å². The highest BCUT2D eigenvalue weighted by atomic mass is 16.4. The van der Waals surface area contributed by atoms with Gasteiger partial charge in [0.05, 0.1) is 0 Å². The molecule has 0 saturated carbocycles. The normalized spacial score (nSPS) is 12.8. The number of hydrogen-bond donors (Lipinski definition) is 4. The van der Waals surface area contributed by atoms with E-state index in [2.05, 4.69) is 0 Å². The molecule has 0 fully saturated rings.